The highest BCUT2D eigenvalue weighted by atomic mass is 16.5. The molecule has 0 aliphatic rings. The molecule has 2 atom stereocenters. The van der Waals surface area contributed by atoms with Gasteiger partial charge in [0.2, 0.25) is 11.7 Å². The minimum absolute atomic E-state index is 0.162. The number of primary amides is 1. The van der Waals surface area contributed by atoms with Gasteiger partial charge in [0, 0.05) is 5.56 Å². The zero-order valence-corrected chi connectivity index (χ0v) is 10.9. The molecule has 1 rings (SSSR count). The molecular weight excluding hydrogens is 254 g/mol. The Kier molecular flexibility index (Phi) is 4.96. The monoisotopic (exact) mass is 271 g/mol. The molecule has 1 aromatic carbocycles. The van der Waals surface area contributed by atoms with Crippen LogP contribution >= 0.6 is 0 Å². The first kappa shape index (κ1) is 15.1. The van der Waals surface area contributed by atoms with Crippen molar-refractivity contribution in [2.45, 2.75) is 12.2 Å². The number of amides is 1. The number of carbonyl (C=O) groups is 1. The van der Waals surface area contributed by atoms with Crippen LogP contribution in [-0.2, 0) is 4.79 Å². The summed E-state index contributed by atoms with van der Waals surface area (Å²) in [5, 5.41) is 19.4. The lowest BCUT2D eigenvalue weighted by Gasteiger charge is -2.20. The molecule has 7 heteroatoms. The predicted octanol–water partition coefficient (Wildman–Crippen LogP) is -0.408. The Morgan fingerprint density at radius 3 is 2.11 bits per heavy atom. The first-order valence-electron chi connectivity index (χ1n) is 5.42. The molecule has 0 spiro atoms. The molecule has 0 aliphatic heterocycles. The Morgan fingerprint density at radius 1 is 1.11 bits per heavy atom. The van der Waals surface area contributed by atoms with E-state index in [2.05, 4.69) is 0 Å². The molecule has 0 heterocycles. The van der Waals surface area contributed by atoms with Crippen LogP contribution in [0.4, 0.5) is 0 Å². The Balaban J connectivity index is 3.32. The van der Waals surface area contributed by atoms with E-state index < -0.39 is 18.1 Å². The quantitative estimate of drug-likeness (QED) is 0.648. The lowest BCUT2D eigenvalue weighted by molar-refractivity contribution is -0.132. The van der Waals surface area contributed by atoms with E-state index in [0.29, 0.717) is 5.75 Å². The van der Waals surface area contributed by atoms with Crippen molar-refractivity contribution >= 4 is 5.91 Å². The Labute approximate surface area is 110 Å². The van der Waals surface area contributed by atoms with E-state index in [9.17, 15) is 15.0 Å². The highest BCUT2D eigenvalue weighted by Gasteiger charge is 2.28. The largest absolute Gasteiger partial charge is 0.493 e. The number of methoxy groups -OCH3 is 3. The van der Waals surface area contributed by atoms with E-state index >= 15 is 0 Å². The van der Waals surface area contributed by atoms with E-state index in [1.165, 1.54) is 33.5 Å². The van der Waals surface area contributed by atoms with Gasteiger partial charge < -0.3 is 30.2 Å². The summed E-state index contributed by atoms with van der Waals surface area (Å²) in [5.41, 5.74) is 5.12. The van der Waals surface area contributed by atoms with Crippen molar-refractivity contribution in [1.29, 1.82) is 0 Å². The average molecular weight is 271 g/mol. The van der Waals surface area contributed by atoms with Crippen LogP contribution in [0.5, 0.6) is 17.2 Å². The third kappa shape index (κ3) is 2.88. The van der Waals surface area contributed by atoms with Gasteiger partial charge in [-0.3, -0.25) is 4.79 Å². The summed E-state index contributed by atoms with van der Waals surface area (Å²) in [4.78, 5) is 10.9. The number of benzene rings is 1. The topological polar surface area (TPSA) is 111 Å². The molecule has 1 aromatic rings. The molecular formula is C12H17NO6. The lowest BCUT2D eigenvalue weighted by atomic mass is 10.0. The number of rotatable bonds is 6. The zero-order valence-electron chi connectivity index (χ0n) is 10.9. The van der Waals surface area contributed by atoms with E-state index in [1.54, 1.807) is 0 Å². The van der Waals surface area contributed by atoms with Crippen LogP contribution in [0.3, 0.4) is 0 Å². The first-order chi connectivity index (χ1) is 8.97. The second-order valence-electron chi connectivity index (χ2n) is 3.72. The zero-order chi connectivity index (χ0) is 14.6. The predicted molar refractivity (Wildman–Crippen MR) is 66.3 cm³/mol. The minimum Gasteiger partial charge on any atom is -0.493 e. The molecule has 19 heavy (non-hydrogen) atoms. The fourth-order valence-electron chi connectivity index (χ4n) is 1.68. The molecule has 7 nitrogen and oxygen atoms in total. The smallest absolute Gasteiger partial charge is 0.249 e. The number of carbonyl (C=O) groups excluding carboxylic acids is 1. The Bertz CT molecular complexity index is 462. The van der Waals surface area contributed by atoms with Crippen molar-refractivity contribution in [2.24, 2.45) is 5.73 Å². The highest BCUT2D eigenvalue weighted by Crippen LogP contribution is 2.42. The maximum Gasteiger partial charge on any atom is 0.249 e. The van der Waals surface area contributed by atoms with Gasteiger partial charge in [-0.2, -0.15) is 0 Å². The number of nitrogens with two attached hydrogens (primary N) is 1. The number of hydrogen-bond acceptors (Lipinski definition) is 6. The maximum absolute atomic E-state index is 10.9. The average Bonchev–Trinajstić information content (AvgIpc) is 2.43. The molecule has 0 saturated heterocycles. The van der Waals surface area contributed by atoms with Crippen molar-refractivity contribution in [3.8, 4) is 17.2 Å². The van der Waals surface area contributed by atoms with E-state index in [0.717, 1.165) is 0 Å². The second-order valence-corrected chi connectivity index (χ2v) is 3.72. The van der Waals surface area contributed by atoms with Crippen molar-refractivity contribution < 1.29 is 29.2 Å². The van der Waals surface area contributed by atoms with Crippen LogP contribution in [0.2, 0.25) is 0 Å². The van der Waals surface area contributed by atoms with Crippen LogP contribution in [0.15, 0.2) is 12.1 Å². The minimum atomic E-state index is -1.74. The lowest BCUT2D eigenvalue weighted by Crippen LogP contribution is -2.34. The molecule has 4 N–H and O–H groups in total. The normalized spacial score (nSPS) is 13.5. The van der Waals surface area contributed by atoms with Crippen molar-refractivity contribution in [3.05, 3.63) is 17.7 Å². The molecule has 0 fully saturated rings. The van der Waals surface area contributed by atoms with Crippen LogP contribution < -0.4 is 19.9 Å². The first-order valence-corrected chi connectivity index (χ1v) is 5.42. The molecule has 0 aliphatic carbocycles. The summed E-state index contributed by atoms with van der Waals surface area (Å²) < 4.78 is 15.3. The summed E-state index contributed by atoms with van der Waals surface area (Å²) in [6, 6.07) is 2.98. The molecule has 0 saturated carbocycles. The number of hydrogen-bond donors (Lipinski definition) is 3. The fourth-order valence-corrected chi connectivity index (χ4v) is 1.68. The molecule has 0 bridgehead atoms. The molecule has 0 aromatic heterocycles. The van der Waals surface area contributed by atoms with E-state index in [-0.39, 0.29) is 17.1 Å². The van der Waals surface area contributed by atoms with Gasteiger partial charge in [-0.05, 0) is 12.1 Å². The summed E-state index contributed by atoms with van der Waals surface area (Å²) in [6.45, 7) is 0. The third-order valence-electron chi connectivity index (χ3n) is 2.64. The van der Waals surface area contributed by atoms with Crippen molar-refractivity contribution in [3.63, 3.8) is 0 Å². The van der Waals surface area contributed by atoms with Gasteiger partial charge >= 0.3 is 0 Å². The number of aliphatic hydroxyl groups excluding tert-OH is 2. The third-order valence-corrected chi connectivity index (χ3v) is 2.64. The van der Waals surface area contributed by atoms with E-state index in [1.807, 2.05) is 0 Å². The van der Waals surface area contributed by atoms with Crippen LogP contribution in [0.25, 0.3) is 0 Å². The van der Waals surface area contributed by atoms with Gasteiger partial charge in [0.05, 0.1) is 21.3 Å². The van der Waals surface area contributed by atoms with Crippen LogP contribution in [0.1, 0.15) is 11.7 Å². The summed E-state index contributed by atoms with van der Waals surface area (Å²) in [5.74, 6) is -0.235. The maximum atomic E-state index is 10.9. The molecule has 106 valence electrons. The molecule has 2 unspecified atom stereocenters. The molecule has 1 amide bonds. The standard InChI is InChI=1S/C12H17NO6/c1-17-7-5-4-6(8(14)9(15)12(13)16)10(18-2)11(7)19-3/h4-5,8-9,14-15H,1-3H3,(H2,13,16). The Hall–Kier alpha value is -1.99. The molecule has 0 radical (unpaired) electrons. The summed E-state index contributed by atoms with van der Waals surface area (Å²) in [6.07, 6.45) is -3.26. The van der Waals surface area contributed by atoms with Crippen LogP contribution in [0, 0.1) is 0 Å². The summed E-state index contributed by atoms with van der Waals surface area (Å²) >= 11 is 0. The van der Waals surface area contributed by atoms with Crippen molar-refractivity contribution in [2.75, 3.05) is 21.3 Å². The van der Waals surface area contributed by atoms with Gasteiger partial charge in [-0.1, -0.05) is 0 Å². The van der Waals surface area contributed by atoms with Gasteiger partial charge in [-0.15, -0.1) is 0 Å². The van der Waals surface area contributed by atoms with E-state index in [4.69, 9.17) is 19.9 Å². The van der Waals surface area contributed by atoms with Gasteiger partial charge in [0.25, 0.3) is 0 Å². The Morgan fingerprint density at radius 2 is 1.68 bits per heavy atom. The van der Waals surface area contributed by atoms with Gasteiger partial charge in [0.15, 0.2) is 17.6 Å². The van der Waals surface area contributed by atoms with Crippen molar-refractivity contribution in [1.82, 2.24) is 0 Å². The number of ether oxygens (including phenoxy) is 3. The second kappa shape index (κ2) is 6.26. The number of aliphatic hydroxyl groups is 2. The highest BCUT2D eigenvalue weighted by molar-refractivity contribution is 5.79. The van der Waals surface area contributed by atoms with Gasteiger partial charge in [-0.25, -0.2) is 0 Å². The van der Waals surface area contributed by atoms with Crippen LogP contribution in [-0.4, -0.2) is 43.6 Å². The van der Waals surface area contributed by atoms with Gasteiger partial charge in [0.1, 0.15) is 6.10 Å². The fraction of sp³-hybridized carbons (Fsp3) is 0.417. The SMILES string of the molecule is COc1ccc(C(O)C(O)C(N)=O)c(OC)c1OC. The summed E-state index contributed by atoms with van der Waals surface area (Å²) in [7, 11) is 4.22.